The molecule has 1 rings (SSSR count). The fraction of sp³-hybridized carbons (Fsp3) is 0.500. The van der Waals surface area contributed by atoms with Crippen molar-refractivity contribution in [3.63, 3.8) is 0 Å². The Morgan fingerprint density at radius 2 is 2.50 bits per heavy atom. The molecule has 0 aliphatic heterocycles. The lowest BCUT2D eigenvalue weighted by Gasteiger charge is -2.13. The second-order valence-corrected chi connectivity index (χ2v) is 2.70. The van der Waals surface area contributed by atoms with Crippen LogP contribution >= 0.6 is 0 Å². The molecule has 0 saturated heterocycles. The van der Waals surface area contributed by atoms with Crippen LogP contribution in [0.3, 0.4) is 0 Å². The van der Waals surface area contributed by atoms with Gasteiger partial charge in [0.25, 0.3) is 0 Å². The number of rotatable bonds is 3. The quantitative estimate of drug-likeness (QED) is 0.662. The first-order chi connectivity index (χ1) is 5.74. The van der Waals surface area contributed by atoms with E-state index in [1.54, 1.807) is 10.9 Å². The summed E-state index contributed by atoms with van der Waals surface area (Å²) in [7, 11) is 3.83. The maximum atomic E-state index is 8.37. The molecule has 0 aliphatic rings. The van der Waals surface area contributed by atoms with Gasteiger partial charge in [0.05, 0.1) is 24.4 Å². The SMILES string of the molecule is CN(CCC#N)c1cnn(C)c1. The van der Waals surface area contributed by atoms with E-state index in [1.165, 1.54) is 0 Å². The molecule has 0 aromatic carbocycles. The van der Waals surface area contributed by atoms with E-state index in [-0.39, 0.29) is 0 Å². The molecule has 1 heterocycles. The number of nitriles is 1. The highest BCUT2D eigenvalue weighted by atomic mass is 15.3. The van der Waals surface area contributed by atoms with Crippen LogP contribution in [0.5, 0.6) is 0 Å². The van der Waals surface area contributed by atoms with Gasteiger partial charge in [-0.2, -0.15) is 10.4 Å². The van der Waals surface area contributed by atoms with Gasteiger partial charge in [0.1, 0.15) is 0 Å². The van der Waals surface area contributed by atoms with Crippen molar-refractivity contribution in [3.05, 3.63) is 12.4 Å². The summed E-state index contributed by atoms with van der Waals surface area (Å²) in [5.74, 6) is 0. The number of anilines is 1. The molecule has 0 atom stereocenters. The van der Waals surface area contributed by atoms with Crippen LogP contribution in [-0.4, -0.2) is 23.4 Å². The molecule has 1 aromatic rings. The first kappa shape index (κ1) is 8.60. The Kier molecular flexibility index (Phi) is 2.70. The van der Waals surface area contributed by atoms with Gasteiger partial charge in [-0.1, -0.05) is 0 Å². The minimum Gasteiger partial charge on any atom is -0.371 e. The Balaban J connectivity index is 2.54. The molecule has 1 aromatic heterocycles. The van der Waals surface area contributed by atoms with E-state index in [9.17, 15) is 0 Å². The van der Waals surface area contributed by atoms with E-state index in [0.29, 0.717) is 6.42 Å². The Bertz CT molecular complexity index is 283. The zero-order chi connectivity index (χ0) is 8.97. The van der Waals surface area contributed by atoms with Crippen molar-refractivity contribution in [2.45, 2.75) is 6.42 Å². The van der Waals surface area contributed by atoms with Crippen LogP contribution in [0, 0.1) is 11.3 Å². The van der Waals surface area contributed by atoms with E-state index >= 15 is 0 Å². The van der Waals surface area contributed by atoms with Crippen molar-refractivity contribution >= 4 is 5.69 Å². The van der Waals surface area contributed by atoms with E-state index in [0.717, 1.165) is 12.2 Å². The predicted octanol–water partition coefficient (Wildman–Crippen LogP) is 0.770. The Hall–Kier alpha value is -1.50. The summed E-state index contributed by atoms with van der Waals surface area (Å²) in [6.45, 7) is 0.752. The summed E-state index contributed by atoms with van der Waals surface area (Å²) in [6.07, 6.45) is 4.26. The summed E-state index contributed by atoms with van der Waals surface area (Å²) >= 11 is 0. The average Bonchev–Trinajstić information content (AvgIpc) is 2.47. The fourth-order valence-electron chi connectivity index (χ4n) is 0.952. The molecule has 0 fully saturated rings. The van der Waals surface area contributed by atoms with Gasteiger partial charge in [-0.3, -0.25) is 4.68 Å². The molecule has 0 amide bonds. The molecular formula is C8H12N4. The lowest BCUT2D eigenvalue weighted by Crippen LogP contribution is -2.17. The standard InChI is InChI=1S/C8H12N4/c1-11(5-3-4-9)8-6-10-12(2)7-8/h6-7H,3,5H2,1-2H3. The van der Waals surface area contributed by atoms with Gasteiger partial charge < -0.3 is 4.90 Å². The van der Waals surface area contributed by atoms with Crippen molar-refractivity contribution < 1.29 is 0 Å². The summed E-state index contributed by atoms with van der Waals surface area (Å²) in [5, 5.41) is 12.4. The first-order valence-electron chi connectivity index (χ1n) is 3.81. The van der Waals surface area contributed by atoms with Crippen molar-refractivity contribution in [2.24, 2.45) is 7.05 Å². The normalized spacial score (nSPS) is 9.42. The highest BCUT2D eigenvalue weighted by molar-refractivity contribution is 5.40. The second-order valence-electron chi connectivity index (χ2n) is 2.70. The van der Waals surface area contributed by atoms with Crippen LogP contribution in [-0.2, 0) is 7.05 Å². The number of hydrogen-bond donors (Lipinski definition) is 0. The molecule has 0 unspecified atom stereocenters. The van der Waals surface area contributed by atoms with Crippen molar-refractivity contribution in [1.82, 2.24) is 9.78 Å². The molecule has 0 N–H and O–H groups in total. The zero-order valence-corrected chi connectivity index (χ0v) is 7.36. The van der Waals surface area contributed by atoms with E-state index < -0.39 is 0 Å². The van der Waals surface area contributed by atoms with Gasteiger partial charge in [0, 0.05) is 26.8 Å². The van der Waals surface area contributed by atoms with E-state index in [2.05, 4.69) is 11.2 Å². The third-order valence-corrected chi connectivity index (χ3v) is 1.69. The summed E-state index contributed by atoms with van der Waals surface area (Å²) in [5.41, 5.74) is 1.05. The fourth-order valence-corrected chi connectivity index (χ4v) is 0.952. The van der Waals surface area contributed by atoms with Gasteiger partial charge in [0.15, 0.2) is 0 Å². The van der Waals surface area contributed by atoms with Crippen LogP contribution in [0.15, 0.2) is 12.4 Å². The zero-order valence-electron chi connectivity index (χ0n) is 7.36. The Morgan fingerprint density at radius 1 is 1.75 bits per heavy atom. The summed E-state index contributed by atoms with van der Waals surface area (Å²) in [6, 6.07) is 2.11. The molecule has 0 aliphatic carbocycles. The molecule has 0 radical (unpaired) electrons. The van der Waals surface area contributed by atoms with Crippen LogP contribution in [0.1, 0.15) is 6.42 Å². The molecule has 12 heavy (non-hydrogen) atoms. The Labute approximate surface area is 72.0 Å². The minimum atomic E-state index is 0.547. The highest BCUT2D eigenvalue weighted by Crippen LogP contribution is 2.09. The molecule has 4 heteroatoms. The van der Waals surface area contributed by atoms with Crippen LogP contribution < -0.4 is 4.90 Å². The van der Waals surface area contributed by atoms with Gasteiger partial charge in [-0.15, -0.1) is 0 Å². The van der Waals surface area contributed by atoms with Crippen molar-refractivity contribution in [1.29, 1.82) is 5.26 Å². The largest absolute Gasteiger partial charge is 0.371 e. The summed E-state index contributed by atoms with van der Waals surface area (Å²) in [4.78, 5) is 2.01. The van der Waals surface area contributed by atoms with Crippen molar-refractivity contribution in [3.8, 4) is 6.07 Å². The van der Waals surface area contributed by atoms with Crippen LogP contribution in [0.25, 0.3) is 0 Å². The smallest absolute Gasteiger partial charge is 0.0750 e. The maximum Gasteiger partial charge on any atom is 0.0750 e. The first-order valence-corrected chi connectivity index (χ1v) is 3.81. The number of nitrogens with zero attached hydrogens (tertiary/aromatic N) is 4. The monoisotopic (exact) mass is 164 g/mol. The minimum absolute atomic E-state index is 0.547. The predicted molar refractivity (Wildman–Crippen MR) is 46.7 cm³/mol. The van der Waals surface area contributed by atoms with Crippen molar-refractivity contribution in [2.75, 3.05) is 18.5 Å². The van der Waals surface area contributed by atoms with E-state index in [1.807, 2.05) is 25.2 Å². The second kappa shape index (κ2) is 3.77. The number of hydrogen-bond acceptors (Lipinski definition) is 3. The van der Waals surface area contributed by atoms with Gasteiger partial charge in [-0.25, -0.2) is 0 Å². The average molecular weight is 164 g/mol. The Morgan fingerprint density at radius 3 is 3.00 bits per heavy atom. The molecule has 64 valence electrons. The summed E-state index contributed by atoms with van der Waals surface area (Å²) < 4.78 is 1.75. The molecule has 0 saturated carbocycles. The third kappa shape index (κ3) is 1.99. The lowest BCUT2D eigenvalue weighted by molar-refractivity contribution is 0.767. The number of aryl methyl sites for hydroxylation is 1. The maximum absolute atomic E-state index is 8.37. The topological polar surface area (TPSA) is 44.9 Å². The molecule has 4 nitrogen and oxygen atoms in total. The molecule has 0 bridgehead atoms. The van der Waals surface area contributed by atoms with Gasteiger partial charge >= 0.3 is 0 Å². The molecule has 0 spiro atoms. The molecular weight excluding hydrogens is 152 g/mol. The van der Waals surface area contributed by atoms with E-state index in [4.69, 9.17) is 5.26 Å². The lowest BCUT2D eigenvalue weighted by atomic mass is 10.4. The van der Waals surface area contributed by atoms with Gasteiger partial charge in [-0.05, 0) is 0 Å². The van der Waals surface area contributed by atoms with Crippen LogP contribution in [0.4, 0.5) is 5.69 Å². The van der Waals surface area contributed by atoms with Crippen LogP contribution in [0.2, 0.25) is 0 Å². The number of aromatic nitrogens is 2. The van der Waals surface area contributed by atoms with Gasteiger partial charge in [0.2, 0.25) is 0 Å². The highest BCUT2D eigenvalue weighted by Gasteiger charge is 2.01. The third-order valence-electron chi connectivity index (χ3n) is 1.69.